The Balaban J connectivity index is 1.88. The van der Waals surface area contributed by atoms with Crippen LogP contribution < -0.4 is 10.6 Å². The lowest BCUT2D eigenvalue weighted by Crippen LogP contribution is -2.37. The summed E-state index contributed by atoms with van der Waals surface area (Å²) in [5, 5.41) is 14.8. The highest BCUT2D eigenvalue weighted by Crippen LogP contribution is 2.22. The molecular formula is C15H15ClN2O4. The number of amides is 2. The predicted molar refractivity (Wildman–Crippen MR) is 81.5 cm³/mol. The molecule has 6 nitrogen and oxygen atoms in total. The monoisotopic (exact) mass is 322 g/mol. The predicted octanol–water partition coefficient (Wildman–Crippen LogP) is 2.03. The summed E-state index contributed by atoms with van der Waals surface area (Å²) < 4.78 is 4.99. The molecule has 0 aliphatic carbocycles. The summed E-state index contributed by atoms with van der Waals surface area (Å²) >= 11 is 5.97. The summed E-state index contributed by atoms with van der Waals surface area (Å²) in [6.07, 6.45) is 0.390. The Kier molecular flexibility index (Phi) is 5.19. The van der Waals surface area contributed by atoms with Crippen LogP contribution in [0.2, 0.25) is 5.02 Å². The average molecular weight is 323 g/mol. The van der Waals surface area contributed by atoms with E-state index in [4.69, 9.17) is 16.0 Å². The minimum Gasteiger partial charge on any atom is -0.467 e. The second-order valence-corrected chi connectivity index (χ2v) is 5.09. The van der Waals surface area contributed by atoms with Crippen LogP contribution >= 0.6 is 11.6 Å². The van der Waals surface area contributed by atoms with Gasteiger partial charge in [0, 0.05) is 0 Å². The number of benzene rings is 1. The molecule has 2 amide bonds. The average Bonchev–Trinajstić information content (AvgIpc) is 3.01. The van der Waals surface area contributed by atoms with E-state index in [0.717, 1.165) is 5.56 Å². The summed E-state index contributed by atoms with van der Waals surface area (Å²) in [7, 11) is 0. The standard InChI is InChI=1S/C15H15ClN2O4/c1-9-4-5-11(10(16)7-9)18-15(21)14(20)17-8-12(19)13-3-2-6-22-13/h2-7,12,19H,8H2,1H3,(H,17,20)(H,18,21). The van der Waals surface area contributed by atoms with Gasteiger partial charge in [-0.15, -0.1) is 0 Å². The molecule has 1 heterocycles. The first-order valence-corrected chi connectivity index (χ1v) is 6.92. The number of carbonyl (C=O) groups is 2. The summed E-state index contributed by atoms with van der Waals surface area (Å²) in [5.41, 5.74) is 1.29. The summed E-state index contributed by atoms with van der Waals surface area (Å²) in [6, 6.07) is 8.24. The lowest BCUT2D eigenvalue weighted by Gasteiger charge is -2.10. The molecule has 0 saturated carbocycles. The zero-order valence-electron chi connectivity index (χ0n) is 11.8. The third-order valence-corrected chi connectivity index (χ3v) is 3.22. The summed E-state index contributed by atoms with van der Waals surface area (Å²) in [6.45, 7) is 1.72. The molecule has 0 fully saturated rings. The van der Waals surface area contributed by atoms with Gasteiger partial charge in [0.2, 0.25) is 0 Å². The van der Waals surface area contributed by atoms with Gasteiger partial charge < -0.3 is 20.2 Å². The molecule has 0 aliphatic rings. The first-order valence-electron chi connectivity index (χ1n) is 6.54. The number of halogens is 1. The van der Waals surface area contributed by atoms with E-state index < -0.39 is 17.9 Å². The molecule has 0 bridgehead atoms. The fourth-order valence-electron chi connectivity index (χ4n) is 1.75. The van der Waals surface area contributed by atoms with Gasteiger partial charge in [0.15, 0.2) is 0 Å². The number of nitrogens with one attached hydrogen (secondary N) is 2. The number of hydrogen-bond donors (Lipinski definition) is 3. The van der Waals surface area contributed by atoms with Crippen molar-refractivity contribution in [3.8, 4) is 0 Å². The SMILES string of the molecule is Cc1ccc(NC(=O)C(=O)NCC(O)c2ccco2)c(Cl)c1. The third kappa shape index (κ3) is 4.09. The highest BCUT2D eigenvalue weighted by molar-refractivity contribution is 6.41. The molecule has 2 rings (SSSR count). The lowest BCUT2D eigenvalue weighted by molar-refractivity contribution is -0.136. The first kappa shape index (κ1) is 16.1. The minimum absolute atomic E-state index is 0.138. The number of aryl methyl sites for hydroxylation is 1. The normalized spacial score (nSPS) is 11.8. The van der Waals surface area contributed by atoms with Gasteiger partial charge in [0.05, 0.1) is 23.5 Å². The van der Waals surface area contributed by atoms with Crippen LogP contribution in [-0.2, 0) is 9.59 Å². The van der Waals surface area contributed by atoms with Crippen molar-refractivity contribution in [1.29, 1.82) is 0 Å². The maximum absolute atomic E-state index is 11.8. The van der Waals surface area contributed by atoms with Crippen LogP contribution in [0.15, 0.2) is 41.0 Å². The lowest BCUT2D eigenvalue weighted by atomic mass is 10.2. The van der Waals surface area contributed by atoms with Crippen molar-refractivity contribution in [2.75, 3.05) is 11.9 Å². The fraction of sp³-hybridized carbons (Fsp3) is 0.200. The molecule has 0 aliphatic heterocycles. The van der Waals surface area contributed by atoms with Gasteiger partial charge in [-0.3, -0.25) is 9.59 Å². The van der Waals surface area contributed by atoms with E-state index >= 15 is 0 Å². The first-order chi connectivity index (χ1) is 10.5. The second kappa shape index (κ2) is 7.11. The number of aliphatic hydroxyl groups is 1. The van der Waals surface area contributed by atoms with E-state index in [0.29, 0.717) is 16.5 Å². The van der Waals surface area contributed by atoms with E-state index in [-0.39, 0.29) is 6.54 Å². The van der Waals surface area contributed by atoms with Crippen molar-refractivity contribution in [3.05, 3.63) is 52.9 Å². The van der Waals surface area contributed by atoms with Crippen molar-refractivity contribution in [3.63, 3.8) is 0 Å². The van der Waals surface area contributed by atoms with Crippen LogP contribution in [0.3, 0.4) is 0 Å². The molecule has 1 unspecified atom stereocenters. The third-order valence-electron chi connectivity index (χ3n) is 2.91. The Morgan fingerprint density at radius 1 is 1.32 bits per heavy atom. The van der Waals surface area contributed by atoms with Gasteiger partial charge in [0.1, 0.15) is 11.9 Å². The van der Waals surface area contributed by atoms with Gasteiger partial charge >= 0.3 is 11.8 Å². The summed E-state index contributed by atoms with van der Waals surface area (Å²) in [4.78, 5) is 23.5. The molecule has 0 radical (unpaired) electrons. The van der Waals surface area contributed by atoms with Gasteiger partial charge in [-0.2, -0.15) is 0 Å². The van der Waals surface area contributed by atoms with Gasteiger partial charge in [-0.1, -0.05) is 17.7 Å². The van der Waals surface area contributed by atoms with Crippen molar-refractivity contribution < 1.29 is 19.1 Å². The molecule has 0 saturated heterocycles. The zero-order valence-corrected chi connectivity index (χ0v) is 12.6. The number of furan rings is 1. The van der Waals surface area contributed by atoms with E-state index in [9.17, 15) is 14.7 Å². The molecule has 0 spiro atoms. The Hall–Kier alpha value is -2.31. The topological polar surface area (TPSA) is 91.6 Å². The molecule has 1 aromatic heterocycles. The van der Waals surface area contributed by atoms with Crippen LogP contribution in [0, 0.1) is 6.92 Å². The van der Waals surface area contributed by atoms with Crippen LogP contribution in [0.5, 0.6) is 0 Å². The molecule has 3 N–H and O–H groups in total. The van der Waals surface area contributed by atoms with Crippen LogP contribution in [-0.4, -0.2) is 23.5 Å². The van der Waals surface area contributed by atoms with E-state index in [1.54, 1.807) is 30.3 Å². The number of aliphatic hydroxyl groups excluding tert-OH is 1. The number of rotatable bonds is 4. The minimum atomic E-state index is -1.02. The molecular weight excluding hydrogens is 308 g/mol. The van der Waals surface area contributed by atoms with Crippen LogP contribution in [0.4, 0.5) is 5.69 Å². The van der Waals surface area contributed by atoms with E-state index in [2.05, 4.69) is 10.6 Å². The number of anilines is 1. The number of carbonyl (C=O) groups excluding carboxylic acids is 2. The molecule has 116 valence electrons. The molecule has 1 atom stereocenters. The van der Waals surface area contributed by atoms with Crippen molar-refractivity contribution in [2.45, 2.75) is 13.0 Å². The second-order valence-electron chi connectivity index (χ2n) is 4.68. The van der Waals surface area contributed by atoms with Crippen molar-refractivity contribution >= 4 is 29.1 Å². The van der Waals surface area contributed by atoms with Gasteiger partial charge in [-0.05, 0) is 36.8 Å². The quantitative estimate of drug-likeness (QED) is 0.751. The largest absolute Gasteiger partial charge is 0.467 e. The smallest absolute Gasteiger partial charge is 0.313 e. The Bertz CT molecular complexity index is 670. The Morgan fingerprint density at radius 3 is 2.73 bits per heavy atom. The van der Waals surface area contributed by atoms with Crippen molar-refractivity contribution in [2.24, 2.45) is 0 Å². The molecule has 7 heteroatoms. The molecule has 1 aromatic carbocycles. The van der Waals surface area contributed by atoms with Crippen LogP contribution in [0.1, 0.15) is 17.4 Å². The highest BCUT2D eigenvalue weighted by atomic mass is 35.5. The van der Waals surface area contributed by atoms with Crippen molar-refractivity contribution in [1.82, 2.24) is 5.32 Å². The highest BCUT2D eigenvalue weighted by Gasteiger charge is 2.17. The Morgan fingerprint density at radius 2 is 2.09 bits per heavy atom. The van der Waals surface area contributed by atoms with Crippen LogP contribution in [0.25, 0.3) is 0 Å². The van der Waals surface area contributed by atoms with Gasteiger partial charge in [0.25, 0.3) is 0 Å². The zero-order chi connectivity index (χ0) is 16.1. The molecule has 2 aromatic rings. The van der Waals surface area contributed by atoms with Gasteiger partial charge in [-0.25, -0.2) is 0 Å². The summed E-state index contributed by atoms with van der Waals surface area (Å²) in [5.74, 6) is -1.43. The number of hydrogen-bond acceptors (Lipinski definition) is 4. The van der Waals surface area contributed by atoms with E-state index in [1.165, 1.54) is 6.26 Å². The fourth-order valence-corrected chi connectivity index (χ4v) is 2.03. The molecule has 22 heavy (non-hydrogen) atoms. The Labute approximate surface area is 132 Å². The maximum Gasteiger partial charge on any atom is 0.313 e. The maximum atomic E-state index is 11.8. The van der Waals surface area contributed by atoms with E-state index in [1.807, 2.05) is 6.92 Å².